The molecule has 1 aliphatic heterocycles. The first-order valence-corrected chi connectivity index (χ1v) is 10.5. The van der Waals surface area contributed by atoms with Gasteiger partial charge in [-0.05, 0) is 42.7 Å². The van der Waals surface area contributed by atoms with Gasteiger partial charge in [0.05, 0.1) is 18.8 Å². The summed E-state index contributed by atoms with van der Waals surface area (Å²) in [5.41, 5.74) is 1.91. The molecule has 9 heteroatoms. The SMILES string of the molecule is COc1ccccc1-c1cnccc1C(=O)Nc1nnc(OCC2CCCCO2)s1. The number of hydrogen-bond acceptors (Lipinski definition) is 8. The molecule has 1 amide bonds. The van der Waals surface area contributed by atoms with Crippen LogP contribution in [0.25, 0.3) is 11.1 Å². The van der Waals surface area contributed by atoms with Gasteiger partial charge in [0.25, 0.3) is 11.1 Å². The fourth-order valence-corrected chi connectivity index (χ4v) is 3.86. The molecular formula is C21H22N4O4S. The second-order valence-corrected chi connectivity index (χ2v) is 7.69. The van der Waals surface area contributed by atoms with Gasteiger partial charge in [0.1, 0.15) is 12.4 Å². The predicted octanol–water partition coefficient (Wildman–Crippen LogP) is 3.81. The fourth-order valence-electron chi connectivity index (χ4n) is 3.26. The molecule has 1 unspecified atom stereocenters. The molecule has 3 heterocycles. The van der Waals surface area contributed by atoms with Crippen LogP contribution in [0.4, 0.5) is 5.13 Å². The van der Waals surface area contributed by atoms with Crippen LogP contribution in [0, 0.1) is 0 Å². The van der Waals surface area contributed by atoms with Gasteiger partial charge in [-0.1, -0.05) is 23.3 Å². The first kappa shape index (κ1) is 20.2. The van der Waals surface area contributed by atoms with Crippen LogP contribution in [0.1, 0.15) is 29.6 Å². The van der Waals surface area contributed by atoms with Gasteiger partial charge in [-0.2, -0.15) is 0 Å². The van der Waals surface area contributed by atoms with Crippen molar-refractivity contribution >= 4 is 22.4 Å². The van der Waals surface area contributed by atoms with E-state index < -0.39 is 0 Å². The Morgan fingerprint density at radius 3 is 2.97 bits per heavy atom. The maximum Gasteiger partial charge on any atom is 0.295 e. The average molecular weight is 426 g/mol. The Morgan fingerprint density at radius 2 is 2.13 bits per heavy atom. The van der Waals surface area contributed by atoms with Gasteiger partial charge in [0, 0.05) is 30.1 Å². The monoisotopic (exact) mass is 426 g/mol. The van der Waals surface area contributed by atoms with Gasteiger partial charge >= 0.3 is 0 Å². The minimum atomic E-state index is -0.309. The second-order valence-electron chi connectivity index (χ2n) is 6.75. The van der Waals surface area contributed by atoms with Crippen molar-refractivity contribution in [2.45, 2.75) is 25.4 Å². The summed E-state index contributed by atoms with van der Waals surface area (Å²) in [6, 6.07) is 9.15. The van der Waals surface area contributed by atoms with Gasteiger partial charge in [0.15, 0.2) is 0 Å². The normalized spacial score (nSPS) is 16.1. The number of benzene rings is 1. The van der Waals surface area contributed by atoms with Crippen LogP contribution in [-0.4, -0.2) is 47.5 Å². The second kappa shape index (κ2) is 9.64. The van der Waals surface area contributed by atoms with E-state index in [2.05, 4.69) is 20.5 Å². The largest absolute Gasteiger partial charge is 0.496 e. The topological polar surface area (TPSA) is 95.5 Å². The predicted molar refractivity (Wildman–Crippen MR) is 113 cm³/mol. The van der Waals surface area contributed by atoms with E-state index >= 15 is 0 Å². The third-order valence-corrected chi connectivity index (χ3v) is 5.51. The Bertz CT molecular complexity index is 1000. The van der Waals surface area contributed by atoms with Crippen molar-refractivity contribution in [2.75, 3.05) is 25.6 Å². The summed E-state index contributed by atoms with van der Waals surface area (Å²) in [6.07, 6.45) is 6.53. The number of nitrogens with one attached hydrogen (secondary N) is 1. The van der Waals surface area contributed by atoms with Crippen LogP contribution < -0.4 is 14.8 Å². The zero-order valence-corrected chi connectivity index (χ0v) is 17.4. The maximum atomic E-state index is 12.9. The van der Waals surface area contributed by atoms with Gasteiger partial charge in [-0.25, -0.2) is 0 Å². The Hall–Kier alpha value is -3.04. The van der Waals surface area contributed by atoms with Crippen molar-refractivity contribution < 1.29 is 19.0 Å². The number of ether oxygens (including phenoxy) is 3. The lowest BCUT2D eigenvalue weighted by molar-refractivity contribution is -0.0112. The molecule has 0 bridgehead atoms. The van der Waals surface area contributed by atoms with Crippen molar-refractivity contribution in [1.82, 2.24) is 15.2 Å². The van der Waals surface area contributed by atoms with Gasteiger partial charge in [0.2, 0.25) is 5.13 Å². The molecule has 0 spiro atoms. The molecule has 0 aliphatic carbocycles. The molecular weight excluding hydrogens is 404 g/mol. The molecule has 1 fully saturated rings. The highest BCUT2D eigenvalue weighted by Gasteiger charge is 2.19. The van der Waals surface area contributed by atoms with Crippen molar-refractivity contribution in [2.24, 2.45) is 0 Å². The molecule has 4 rings (SSSR count). The van der Waals surface area contributed by atoms with E-state index in [-0.39, 0.29) is 12.0 Å². The number of amides is 1. The van der Waals surface area contributed by atoms with Crippen molar-refractivity contribution in [3.05, 3.63) is 48.3 Å². The van der Waals surface area contributed by atoms with E-state index in [0.717, 1.165) is 31.4 Å². The third kappa shape index (κ3) is 4.74. The molecule has 1 atom stereocenters. The fraction of sp³-hybridized carbons (Fsp3) is 0.333. The molecule has 156 valence electrons. The van der Waals surface area contributed by atoms with Gasteiger partial charge in [-0.15, -0.1) is 5.10 Å². The van der Waals surface area contributed by atoms with Crippen molar-refractivity contribution in [1.29, 1.82) is 0 Å². The zero-order chi connectivity index (χ0) is 20.8. The number of pyridine rings is 1. The summed E-state index contributed by atoms with van der Waals surface area (Å²) in [5, 5.41) is 11.6. The van der Waals surface area contributed by atoms with Crippen LogP contribution in [0.3, 0.4) is 0 Å². The molecule has 0 radical (unpaired) electrons. The standard InChI is InChI=1S/C21H22N4O4S/c1-27-18-8-3-2-7-15(18)17-12-22-10-9-16(17)19(26)23-20-24-25-21(30-20)29-13-14-6-4-5-11-28-14/h2-3,7-10,12,14H,4-6,11,13H2,1H3,(H,23,24,26). The summed E-state index contributed by atoms with van der Waals surface area (Å²) >= 11 is 1.18. The molecule has 2 aromatic heterocycles. The van der Waals surface area contributed by atoms with Crippen LogP contribution in [0.15, 0.2) is 42.7 Å². The molecule has 8 nitrogen and oxygen atoms in total. The van der Waals surface area contributed by atoms with Crippen LogP contribution in [0.5, 0.6) is 10.9 Å². The molecule has 1 N–H and O–H groups in total. The zero-order valence-electron chi connectivity index (χ0n) is 16.5. The Morgan fingerprint density at radius 1 is 1.23 bits per heavy atom. The Labute approximate surface area is 178 Å². The lowest BCUT2D eigenvalue weighted by Crippen LogP contribution is -2.25. The minimum Gasteiger partial charge on any atom is -0.496 e. The number of carbonyl (C=O) groups is 1. The maximum absolute atomic E-state index is 12.9. The molecule has 1 aliphatic rings. The Kier molecular flexibility index (Phi) is 6.50. The molecule has 0 saturated carbocycles. The highest BCUT2D eigenvalue weighted by molar-refractivity contribution is 7.17. The number of aromatic nitrogens is 3. The van der Waals surface area contributed by atoms with Crippen LogP contribution in [-0.2, 0) is 4.74 Å². The van der Waals surface area contributed by atoms with Gasteiger partial charge < -0.3 is 14.2 Å². The molecule has 30 heavy (non-hydrogen) atoms. The number of carbonyl (C=O) groups excluding carboxylic acids is 1. The van der Waals surface area contributed by atoms with Crippen LogP contribution in [0.2, 0.25) is 0 Å². The van der Waals surface area contributed by atoms with E-state index in [1.165, 1.54) is 11.3 Å². The number of anilines is 1. The van der Waals surface area contributed by atoms with Gasteiger partial charge in [-0.3, -0.25) is 15.1 Å². The summed E-state index contributed by atoms with van der Waals surface area (Å²) < 4.78 is 16.8. The first-order chi connectivity index (χ1) is 14.7. The summed E-state index contributed by atoms with van der Waals surface area (Å²) in [4.78, 5) is 17.1. The Balaban J connectivity index is 1.45. The lowest BCUT2D eigenvalue weighted by Gasteiger charge is -2.21. The number of nitrogens with zero attached hydrogens (tertiary/aromatic N) is 3. The molecule has 1 saturated heterocycles. The highest BCUT2D eigenvalue weighted by atomic mass is 32.1. The summed E-state index contributed by atoms with van der Waals surface area (Å²) in [7, 11) is 1.59. The number of rotatable bonds is 7. The number of methoxy groups -OCH3 is 1. The van der Waals surface area contributed by atoms with E-state index in [1.54, 1.807) is 25.6 Å². The lowest BCUT2D eigenvalue weighted by atomic mass is 10.0. The number of para-hydroxylation sites is 1. The van der Waals surface area contributed by atoms with E-state index in [0.29, 0.717) is 33.8 Å². The third-order valence-electron chi connectivity index (χ3n) is 4.76. The smallest absolute Gasteiger partial charge is 0.295 e. The minimum absolute atomic E-state index is 0.0842. The molecule has 3 aromatic rings. The van der Waals surface area contributed by atoms with Crippen LogP contribution >= 0.6 is 11.3 Å². The van der Waals surface area contributed by atoms with Crippen molar-refractivity contribution in [3.63, 3.8) is 0 Å². The quantitative estimate of drug-likeness (QED) is 0.614. The van der Waals surface area contributed by atoms with Crippen molar-refractivity contribution in [3.8, 4) is 22.1 Å². The van der Waals surface area contributed by atoms with E-state index in [9.17, 15) is 4.79 Å². The van der Waals surface area contributed by atoms with E-state index in [1.807, 2.05) is 24.3 Å². The first-order valence-electron chi connectivity index (χ1n) is 9.71. The highest BCUT2D eigenvalue weighted by Crippen LogP contribution is 2.32. The summed E-state index contributed by atoms with van der Waals surface area (Å²) in [6.45, 7) is 1.21. The molecule has 1 aromatic carbocycles. The summed E-state index contributed by atoms with van der Waals surface area (Å²) in [5.74, 6) is 0.354. The number of hydrogen-bond donors (Lipinski definition) is 1. The average Bonchev–Trinajstić information content (AvgIpc) is 3.25. The van der Waals surface area contributed by atoms with E-state index in [4.69, 9.17) is 14.2 Å².